The van der Waals surface area contributed by atoms with Crippen molar-refractivity contribution in [3.63, 3.8) is 0 Å². The highest BCUT2D eigenvalue weighted by atomic mass is 35.5. The van der Waals surface area contributed by atoms with E-state index in [1.807, 2.05) is 6.07 Å². The van der Waals surface area contributed by atoms with E-state index >= 15 is 0 Å². The molecule has 1 aromatic rings. The van der Waals surface area contributed by atoms with Crippen LogP contribution < -0.4 is 4.74 Å². The Morgan fingerprint density at radius 3 is 2.76 bits per heavy atom. The number of halogens is 1. The van der Waals surface area contributed by atoms with Crippen molar-refractivity contribution in [2.75, 3.05) is 19.7 Å². The van der Waals surface area contributed by atoms with E-state index in [1.54, 1.807) is 12.1 Å². The van der Waals surface area contributed by atoms with Gasteiger partial charge in [0.25, 0.3) is 0 Å². The van der Waals surface area contributed by atoms with Gasteiger partial charge in [0.05, 0.1) is 6.04 Å². The molecule has 0 aliphatic carbocycles. The van der Waals surface area contributed by atoms with Gasteiger partial charge in [0.1, 0.15) is 18.5 Å². The molecule has 3 nitrogen and oxygen atoms in total. The third kappa shape index (κ3) is 2.41. The zero-order valence-electron chi connectivity index (χ0n) is 10.2. The number of nitrogens with zero attached hydrogens (tertiary/aromatic N) is 1. The van der Waals surface area contributed by atoms with Gasteiger partial charge in [-0.25, -0.2) is 0 Å². The van der Waals surface area contributed by atoms with Crippen LogP contribution in [-0.2, 0) is 0 Å². The molecule has 1 aromatic carbocycles. The molecular formula is C13H18ClNO2. The van der Waals surface area contributed by atoms with E-state index in [-0.39, 0.29) is 6.04 Å². The molecule has 17 heavy (non-hydrogen) atoms. The number of likely N-dealkylation sites (N-methyl/N-ethyl adjacent to an activating group) is 1. The summed E-state index contributed by atoms with van der Waals surface area (Å²) in [5.74, 6) is 0.741. The molecular weight excluding hydrogens is 238 g/mol. The molecule has 2 unspecified atom stereocenters. The second-order valence-electron chi connectivity index (χ2n) is 4.23. The summed E-state index contributed by atoms with van der Waals surface area (Å²) in [7, 11) is 0. The molecule has 0 aromatic heterocycles. The monoisotopic (exact) mass is 255 g/mol. The molecule has 0 bridgehead atoms. The third-order valence-electron chi connectivity index (χ3n) is 3.35. The molecule has 4 heteroatoms. The van der Waals surface area contributed by atoms with E-state index in [1.165, 1.54) is 0 Å². The van der Waals surface area contributed by atoms with Gasteiger partial charge in [-0.3, -0.25) is 4.90 Å². The molecule has 94 valence electrons. The Balaban J connectivity index is 2.28. The van der Waals surface area contributed by atoms with Gasteiger partial charge in [0.15, 0.2) is 0 Å². The Morgan fingerprint density at radius 1 is 1.41 bits per heavy atom. The molecule has 1 aliphatic rings. The largest absolute Gasteiger partial charge is 0.491 e. The zero-order valence-corrected chi connectivity index (χ0v) is 10.9. The molecule has 0 spiro atoms. The summed E-state index contributed by atoms with van der Waals surface area (Å²) in [5, 5.41) is 11.0. The lowest BCUT2D eigenvalue weighted by Crippen LogP contribution is -2.45. The number of hydrogen-bond donors (Lipinski definition) is 1. The van der Waals surface area contributed by atoms with Crippen LogP contribution in [0.4, 0.5) is 0 Å². The lowest BCUT2D eigenvalue weighted by molar-refractivity contribution is 0.00790. The summed E-state index contributed by atoms with van der Waals surface area (Å²) >= 11 is 5.96. The first kappa shape index (κ1) is 12.7. The Kier molecular flexibility index (Phi) is 3.92. The van der Waals surface area contributed by atoms with Crippen LogP contribution >= 0.6 is 11.6 Å². The first-order chi connectivity index (χ1) is 8.17. The van der Waals surface area contributed by atoms with Crippen LogP contribution in [0.1, 0.15) is 25.5 Å². The Bertz CT molecular complexity index is 393. The van der Waals surface area contributed by atoms with Crippen molar-refractivity contribution in [1.29, 1.82) is 0 Å². The molecule has 0 saturated heterocycles. The lowest BCUT2D eigenvalue weighted by atomic mass is 9.98. The Hall–Kier alpha value is -0.770. The quantitative estimate of drug-likeness (QED) is 0.901. The number of aliphatic hydroxyl groups is 1. The zero-order chi connectivity index (χ0) is 12.4. The minimum atomic E-state index is -0.530. The average molecular weight is 256 g/mol. The summed E-state index contributed by atoms with van der Waals surface area (Å²) < 4.78 is 5.69. The maximum absolute atomic E-state index is 10.4. The van der Waals surface area contributed by atoms with Crippen LogP contribution in [-0.4, -0.2) is 35.7 Å². The molecule has 1 aliphatic heterocycles. The van der Waals surface area contributed by atoms with Gasteiger partial charge in [0, 0.05) is 10.6 Å². The van der Waals surface area contributed by atoms with Crippen LogP contribution in [0.15, 0.2) is 18.2 Å². The van der Waals surface area contributed by atoms with Crippen LogP contribution in [0.3, 0.4) is 0 Å². The van der Waals surface area contributed by atoms with Gasteiger partial charge in [-0.1, -0.05) is 25.4 Å². The third-order valence-corrected chi connectivity index (χ3v) is 3.58. The molecule has 0 saturated carbocycles. The molecule has 0 amide bonds. The fraction of sp³-hybridized carbons (Fsp3) is 0.538. The van der Waals surface area contributed by atoms with Crippen LogP contribution in [0.25, 0.3) is 0 Å². The lowest BCUT2D eigenvalue weighted by Gasteiger charge is -2.37. The Morgan fingerprint density at radius 2 is 2.12 bits per heavy atom. The second-order valence-corrected chi connectivity index (χ2v) is 4.66. The van der Waals surface area contributed by atoms with Gasteiger partial charge < -0.3 is 9.84 Å². The normalized spacial score (nSPS) is 23.4. The predicted octanol–water partition coefficient (Wildman–Crippen LogP) is 2.48. The summed E-state index contributed by atoms with van der Waals surface area (Å²) in [6, 6.07) is 5.40. The van der Waals surface area contributed by atoms with Crippen LogP contribution in [0, 0.1) is 0 Å². The van der Waals surface area contributed by atoms with Crippen molar-refractivity contribution in [1.82, 2.24) is 4.90 Å². The molecule has 0 radical (unpaired) electrons. The van der Waals surface area contributed by atoms with Crippen molar-refractivity contribution < 1.29 is 9.84 Å². The van der Waals surface area contributed by atoms with Crippen molar-refractivity contribution in [3.8, 4) is 5.75 Å². The number of ether oxygens (including phenoxy) is 1. The molecule has 1 N–H and O–H groups in total. The van der Waals surface area contributed by atoms with Gasteiger partial charge in [-0.15, -0.1) is 0 Å². The van der Waals surface area contributed by atoms with Crippen LogP contribution in [0.5, 0.6) is 5.75 Å². The number of rotatable bonds is 3. The van der Waals surface area contributed by atoms with Crippen molar-refractivity contribution in [2.24, 2.45) is 0 Å². The summed E-state index contributed by atoms with van der Waals surface area (Å²) in [6.07, 6.45) is -0.530. The SMILES string of the molecule is CCN(CC)C1COc2ccc(Cl)cc2C1O. The second kappa shape index (κ2) is 5.25. The maximum Gasteiger partial charge on any atom is 0.125 e. The smallest absolute Gasteiger partial charge is 0.125 e. The van der Waals surface area contributed by atoms with E-state index in [0.717, 1.165) is 24.4 Å². The van der Waals surface area contributed by atoms with E-state index in [4.69, 9.17) is 16.3 Å². The number of aliphatic hydroxyl groups excluding tert-OH is 1. The molecule has 0 fully saturated rings. The van der Waals surface area contributed by atoms with Gasteiger partial charge in [-0.2, -0.15) is 0 Å². The summed E-state index contributed by atoms with van der Waals surface area (Å²) in [6.45, 7) is 6.50. The topological polar surface area (TPSA) is 32.7 Å². The van der Waals surface area contributed by atoms with Gasteiger partial charge in [-0.05, 0) is 31.3 Å². The van der Waals surface area contributed by atoms with Crippen LogP contribution in [0.2, 0.25) is 5.02 Å². The van der Waals surface area contributed by atoms with E-state index in [9.17, 15) is 5.11 Å². The van der Waals surface area contributed by atoms with Crippen molar-refractivity contribution >= 4 is 11.6 Å². The number of fused-ring (bicyclic) bond motifs is 1. The predicted molar refractivity (Wildman–Crippen MR) is 68.6 cm³/mol. The standard InChI is InChI=1S/C13H18ClNO2/c1-3-15(4-2)11-8-17-12-6-5-9(14)7-10(12)13(11)16/h5-7,11,13,16H,3-4,8H2,1-2H3. The first-order valence-electron chi connectivity index (χ1n) is 6.01. The Labute approximate surface area is 107 Å². The highest BCUT2D eigenvalue weighted by Gasteiger charge is 2.32. The summed E-state index contributed by atoms with van der Waals surface area (Å²) in [5.41, 5.74) is 0.792. The number of hydrogen-bond acceptors (Lipinski definition) is 3. The highest BCUT2D eigenvalue weighted by molar-refractivity contribution is 6.30. The molecule has 2 rings (SSSR count). The van der Waals surface area contributed by atoms with Crippen molar-refractivity contribution in [3.05, 3.63) is 28.8 Å². The first-order valence-corrected chi connectivity index (χ1v) is 6.39. The number of benzene rings is 1. The fourth-order valence-electron chi connectivity index (χ4n) is 2.35. The van der Waals surface area contributed by atoms with Crippen molar-refractivity contribution in [2.45, 2.75) is 26.0 Å². The van der Waals surface area contributed by atoms with E-state index in [2.05, 4.69) is 18.7 Å². The highest BCUT2D eigenvalue weighted by Crippen LogP contribution is 2.35. The fourth-order valence-corrected chi connectivity index (χ4v) is 2.53. The van der Waals surface area contributed by atoms with Gasteiger partial charge >= 0.3 is 0 Å². The summed E-state index contributed by atoms with van der Waals surface area (Å²) in [4.78, 5) is 2.20. The molecule has 1 heterocycles. The maximum atomic E-state index is 10.4. The minimum absolute atomic E-state index is 0.0102. The average Bonchev–Trinajstić information content (AvgIpc) is 2.34. The van der Waals surface area contributed by atoms with E-state index in [0.29, 0.717) is 11.6 Å². The van der Waals surface area contributed by atoms with E-state index < -0.39 is 6.10 Å². The van der Waals surface area contributed by atoms with Gasteiger partial charge in [0.2, 0.25) is 0 Å². The minimum Gasteiger partial charge on any atom is -0.491 e. The molecule has 2 atom stereocenters.